The Morgan fingerprint density at radius 2 is 1.70 bits per heavy atom. The zero-order valence-electron chi connectivity index (χ0n) is 15.7. The summed E-state index contributed by atoms with van der Waals surface area (Å²) in [6.45, 7) is 5.61. The number of carbonyl (C=O) groups excluding carboxylic acids is 2. The van der Waals surface area contributed by atoms with Crippen molar-refractivity contribution in [2.75, 3.05) is 13.1 Å². The van der Waals surface area contributed by atoms with Crippen LogP contribution in [0.25, 0.3) is 0 Å². The first-order valence-corrected chi connectivity index (χ1v) is 10.2. The van der Waals surface area contributed by atoms with Crippen LogP contribution in [0.4, 0.5) is 0 Å². The Morgan fingerprint density at radius 3 is 2.30 bits per heavy atom. The van der Waals surface area contributed by atoms with E-state index in [2.05, 4.69) is 35.1 Å². The van der Waals surface area contributed by atoms with Gasteiger partial charge in [0.25, 0.3) is 11.8 Å². The second-order valence-corrected chi connectivity index (χ2v) is 8.24. The predicted molar refractivity (Wildman–Crippen MR) is 111 cm³/mol. The van der Waals surface area contributed by atoms with Crippen molar-refractivity contribution in [3.8, 4) is 0 Å². The summed E-state index contributed by atoms with van der Waals surface area (Å²) in [6.07, 6.45) is 1.55. The molecule has 0 saturated carbocycles. The van der Waals surface area contributed by atoms with Crippen LogP contribution in [0.5, 0.6) is 0 Å². The first-order valence-electron chi connectivity index (χ1n) is 9.39. The van der Waals surface area contributed by atoms with Crippen LogP contribution in [-0.4, -0.2) is 35.8 Å². The second kappa shape index (κ2) is 8.70. The predicted octanol–water partition coefficient (Wildman–Crippen LogP) is 4.61. The number of nitrogens with zero attached hydrogens (tertiary/aromatic N) is 1. The summed E-state index contributed by atoms with van der Waals surface area (Å²) >= 11 is 3.39. The van der Waals surface area contributed by atoms with Gasteiger partial charge in [0, 0.05) is 34.7 Å². The summed E-state index contributed by atoms with van der Waals surface area (Å²) in [4.78, 5) is 27.0. The average Bonchev–Trinajstić information content (AvgIpc) is 2.68. The molecule has 142 valence electrons. The van der Waals surface area contributed by atoms with Crippen molar-refractivity contribution in [2.24, 2.45) is 0 Å². The van der Waals surface area contributed by atoms with Crippen molar-refractivity contribution >= 4 is 27.7 Å². The van der Waals surface area contributed by atoms with E-state index in [4.69, 9.17) is 0 Å². The number of piperidine rings is 1. The molecule has 1 saturated heterocycles. The molecule has 1 heterocycles. The van der Waals surface area contributed by atoms with Gasteiger partial charge in [0.1, 0.15) is 0 Å². The van der Waals surface area contributed by atoms with E-state index in [0.717, 1.165) is 22.9 Å². The minimum Gasteiger partial charge on any atom is -0.349 e. The van der Waals surface area contributed by atoms with Crippen molar-refractivity contribution in [2.45, 2.75) is 38.6 Å². The highest BCUT2D eigenvalue weighted by molar-refractivity contribution is 9.10. The third kappa shape index (κ3) is 4.98. The molecule has 3 rings (SSSR count). The van der Waals surface area contributed by atoms with Crippen LogP contribution in [-0.2, 0) is 0 Å². The minimum atomic E-state index is -0.0645. The monoisotopic (exact) mass is 428 g/mol. The number of nitrogens with one attached hydrogen (secondary N) is 1. The number of hydrogen-bond donors (Lipinski definition) is 1. The Labute approximate surface area is 169 Å². The summed E-state index contributed by atoms with van der Waals surface area (Å²) in [5.41, 5.74) is 2.62. The Kier molecular flexibility index (Phi) is 6.32. The fourth-order valence-corrected chi connectivity index (χ4v) is 3.72. The summed E-state index contributed by atoms with van der Waals surface area (Å²) in [5.74, 6) is 0.464. The molecule has 1 N–H and O–H groups in total. The number of rotatable bonds is 4. The van der Waals surface area contributed by atoms with Crippen LogP contribution in [0.2, 0.25) is 0 Å². The van der Waals surface area contributed by atoms with E-state index in [-0.39, 0.29) is 17.9 Å². The van der Waals surface area contributed by atoms with Crippen LogP contribution in [0, 0.1) is 0 Å². The summed E-state index contributed by atoms with van der Waals surface area (Å²) in [7, 11) is 0. The molecule has 0 aliphatic carbocycles. The lowest BCUT2D eigenvalue weighted by Gasteiger charge is -2.32. The third-order valence-corrected chi connectivity index (χ3v) is 5.52. The molecule has 0 bridgehead atoms. The van der Waals surface area contributed by atoms with E-state index in [0.29, 0.717) is 24.6 Å². The molecular weight excluding hydrogens is 404 g/mol. The van der Waals surface area contributed by atoms with Crippen LogP contribution in [0.1, 0.15) is 58.9 Å². The maximum absolute atomic E-state index is 12.7. The molecule has 1 fully saturated rings. The van der Waals surface area contributed by atoms with E-state index in [1.165, 1.54) is 5.56 Å². The van der Waals surface area contributed by atoms with Gasteiger partial charge in [-0.1, -0.05) is 48.0 Å². The maximum atomic E-state index is 12.7. The highest BCUT2D eigenvalue weighted by atomic mass is 79.9. The minimum absolute atomic E-state index is 0.0645. The van der Waals surface area contributed by atoms with Gasteiger partial charge in [-0.15, -0.1) is 0 Å². The summed E-state index contributed by atoms with van der Waals surface area (Å²) < 4.78 is 0.888. The Bertz CT molecular complexity index is 809. The number of halogens is 1. The van der Waals surface area contributed by atoms with Crippen molar-refractivity contribution in [3.63, 3.8) is 0 Å². The largest absolute Gasteiger partial charge is 0.349 e. The Morgan fingerprint density at radius 1 is 1.04 bits per heavy atom. The van der Waals surface area contributed by atoms with E-state index in [9.17, 15) is 9.59 Å². The molecule has 0 aromatic heterocycles. The lowest BCUT2D eigenvalue weighted by atomic mass is 10.00. The van der Waals surface area contributed by atoms with Crippen LogP contribution in [0.3, 0.4) is 0 Å². The van der Waals surface area contributed by atoms with Gasteiger partial charge in [-0.2, -0.15) is 0 Å². The third-order valence-electron chi connectivity index (χ3n) is 5.03. The molecule has 2 aromatic carbocycles. The molecule has 4 nitrogen and oxygen atoms in total. The Balaban J connectivity index is 1.53. The highest BCUT2D eigenvalue weighted by Gasteiger charge is 2.25. The van der Waals surface area contributed by atoms with Gasteiger partial charge in [-0.25, -0.2) is 0 Å². The standard InChI is InChI=1S/C22H25BrN2O2/c1-15(2)16-6-8-17(9-7-16)22(27)25-12-10-20(11-13-25)24-21(26)18-4-3-5-19(23)14-18/h3-9,14-15,20H,10-13H2,1-2H3,(H,24,26). The number of amides is 2. The van der Waals surface area contributed by atoms with Gasteiger partial charge in [0.2, 0.25) is 0 Å². The molecule has 1 aliphatic heterocycles. The number of carbonyl (C=O) groups is 2. The van der Waals surface area contributed by atoms with Gasteiger partial charge in [0.05, 0.1) is 0 Å². The lowest BCUT2D eigenvalue weighted by Crippen LogP contribution is -2.46. The normalized spacial score (nSPS) is 15.0. The van der Waals surface area contributed by atoms with Gasteiger partial charge >= 0.3 is 0 Å². The van der Waals surface area contributed by atoms with Crippen molar-refractivity contribution in [1.29, 1.82) is 0 Å². The molecule has 0 spiro atoms. The smallest absolute Gasteiger partial charge is 0.253 e. The first-order chi connectivity index (χ1) is 12.9. The molecule has 2 amide bonds. The van der Waals surface area contributed by atoms with E-state index in [1.807, 2.05) is 47.4 Å². The van der Waals surface area contributed by atoms with Crippen LogP contribution >= 0.6 is 15.9 Å². The fraction of sp³-hybridized carbons (Fsp3) is 0.364. The van der Waals surface area contributed by atoms with Crippen molar-refractivity contribution < 1.29 is 9.59 Å². The number of benzene rings is 2. The van der Waals surface area contributed by atoms with Crippen molar-refractivity contribution in [1.82, 2.24) is 10.2 Å². The molecule has 27 heavy (non-hydrogen) atoms. The van der Waals surface area contributed by atoms with Gasteiger partial charge in [0.15, 0.2) is 0 Å². The van der Waals surface area contributed by atoms with Crippen molar-refractivity contribution in [3.05, 3.63) is 69.7 Å². The highest BCUT2D eigenvalue weighted by Crippen LogP contribution is 2.18. The molecule has 2 aromatic rings. The molecule has 1 aliphatic rings. The van der Waals surface area contributed by atoms with E-state index in [1.54, 1.807) is 6.07 Å². The van der Waals surface area contributed by atoms with Crippen LogP contribution < -0.4 is 5.32 Å². The average molecular weight is 429 g/mol. The van der Waals surface area contributed by atoms with Gasteiger partial charge in [-0.3, -0.25) is 9.59 Å². The van der Waals surface area contributed by atoms with E-state index >= 15 is 0 Å². The number of likely N-dealkylation sites (tertiary alicyclic amines) is 1. The van der Waals surface area contributed by atoms with E-state index < -0.39 is 0 Å². The molecule has 0 radical (unpaired) electrons. The summed E-state index contributed by atoms with van der Waals surface area (Å²) in [6, 6.07) is 15.4. The quantitative estimate of drug-likeness (QED) is 0.772. The Hall–Kier alpha value is -2.14. The lowest BCUT2D eigenvalue weighted by molar-refractivity contribution is 0.0698. The SMILES string of the molecule is CC(C)c1ccc(C(=O)N2CCC(NC(=O)c3cccc(Br)c3)CC2)cc1. The zero-order valence-corrected chi connectivity index (χ0v) is 17.3. The molecule has 0 atom stereocenters. The summed E-state index contributed by atoms with van der Waals surface area (Å²) in [5, 5.41) is 3.08. The fourth-order valence-electron chi connectivity index (χ4n) is 3.32. The molecule has 5 heteroatoms. The second-order valence-electron chi connectivity index (χ2n) is 7.33. The van der Waals surface area contributed by atoms with Gasteiger partial charge < -0.3 is 10.2 Å². The number of hydrogen-bond acceptors (Lipinski definition) is 2. The first kappa shape index (κ1) is 19.6. The maximum Gasteiger partial charge on any atom is 0.253 e. The molecular formula is C22H25BrN2O2. The topological polar surface area (TPSA) is 49.4 Å². The molecule has 0 unspecified atom stereocenters. The van der Waals surface area contributed by atoms with Crippen LogP contribution in [0.15, 0.2) is 53.0 Å². The zero-order chi connectivity index (χ0) is 19.4. The van der Waals surface area contributed by atoms with Gasteiger partial charge in [-0.05, 0) is 54.7 Å².